The Morgan fingerprint density at radius 3 is 2.84 bits per heavy atom. The highest BCUT2D eigenvalue weighted by Crippen LogP contribution is 2.09. The Morgan fingerprint density at radius 2 is 2.16 bits per heavy atom. The second-order valence-corrected chi connectivity index (χ2v) is 5.37. The van der Waals surface area contributed by atoms with E-state index in [0.717, 1.165) is 31.5 Å². The number of hydrogen-bond acceptors (Lipinski definition) is 3. The molecular weight excluding hydrogens is 238 g/mol. The molecule has 0 bridgehead atoms. The minimum atomic E-state index is 0.165. The zero-order chi connectivity index (χ0) is 13.7. The molecule has 0 spiro atoms. The van der Waals surface area contributed by atoms with Crippen molar-refractivity contribution in [3.8, 4) is 0 Å². The van der Waals surface area contributed by atoms with E-state index in [4.69, 9.17) is 5.73 Å². The standard InChI is InChI=1S/C15H23N3O/c1-17(10-13-6-3-2-4-7-13)15(19)12-18-9-5-8-14(16)11-18/h2-4,6-7,14H,5,8-12,16H2,1H3. The van der Waals surface area contributed by atoms with Crippen molar-refractivity contribution in [3.05, 3.63) is 35.9 Å². The van der Waals surface area contributed by atoms with E-state index in [0.29, 0.717) is 13.1 Å². The van der Waals surface area contributed by atoms with Crippen LogP contribution in [0.15, 0.2) is 30.3 Å². The minimum Gasteiger partial charge on any atom is -0.340 e. The number of nitrogens with zero attached hydrogens (tertiary/aromatic N) is 2. The Balaban J connectivity index is 1.82. The van der Waals surface area contributed by atoms with Gasteiger partial charge in [-0.05, 0) is 24.9 Å². The number of nitrogens with two attached hydrogens (primary N) is 1. The van der Waals surface area contributed by atoms with Gasteiger partial charge in [0.2, 0.25) is 5.91 Å². The van der Waals surface area contributed by atoms with E-state index in [9.17, 15) is 4.79 Å². The molecule has 1 aliphatic rings. The molecule has 1 heterocycles. The Morgan fingerprint density at radius 1 is 1.42 bits per heavy atom. The van der Waals surface area contributed by atoms with Crippen molar-refractivity contribution in [3.63, 3.8) is 0 Å². The van der Waals surface area contributed by atoms with E-state index in [1.807, 2.05) is 37.4 Å². The number of amides is 1. The van der Waals surface area contributed by atoms with Gasteiger partial charge in [0.05, 0.1) is 6.54 Å². The van der Waals surface area contributed by atoms with Gasteiger partial charge in [-0.3, -0.25) is 9.69 Å². The monoisotopic (exact) mass is 261 g/mol. The summed E-state index contributed by atoms with van der Waals surface area (Å²) in [5, 5.41) is 0. The molecule has 104 valence electrons. The third-order valence-electron chi connectivity index (χ3n) is 3.59. The molecule has 1 aromatic rings. The molecule has 1 aliphatic heterocycles. The Kier molecular flexibility index (Phi) is 4.93. The normalized spacial score (nSPS) is 20.2. The molecule has 0 saturated carbocycles. The van der Waals surface area contributed by atoms with E-state index in [-0.39, 0.29) is 11.9 Å². The highest BCUT2D eigenvalue weighted by molar-refractivity contribution is 5.78. The largest absolute Gasteiger partial charge is 0.340 e. The van der Waals surface area contributed by atoms with Crippen LogP contribution >= 0.6 is 0 Å². The fourth-order valence-corrected chi connectivity index (χ4v) is 2.49. The van der Waals surface area contributed by atoms with Crippen LogP contribution in [0.1, 0.15) is 18.4 Å². The molecular formula is C15H23N3O. The summed E-state index contributed by atoms with van der Waals surface area (Å²) in [5.41, 5.74) is 7.09. The zero-order valence-electron chi connectivity index (χ0n) is 11.6. The van der Waals surface area contributed by atoms with Gasteiger partial charge in [-0.2, -0.15) is 0 Å². The predicted molar refractivity (Wildman–Crippen MR) is 76.6 cm³/mol. The summed E-state index contributed by atoms with van der Waals surface area (Å²) in [4.78, 5) is 16.1. The lowest BCUT2D eigenvalue weighted by molar-refractivity contribution is -0.131. The molecule has 0 aliphatic carbocycles. The Labute approximate surface area is 115 Å². The maximum Gasteiger partial charge on any atom is 0.236 e. The van der Waals surface area contributed by atoms with Crippen LogP contribution in [-0.2, 0) is 11.3 Å². The average molecular weight is 261 g/mol. The first-order valence-electron chi connectivity index (χ1n) is 6.91. The first-order valence-corrected chi connectivity index (χ1v) is 6.91. The van der Waals surface area contributed by atoms with Crippen molar-refractivity contribution >= 4 is 5.91 Å². The lowest BCUT2D eigenvalue weighted by Crippen LogP contribution is -2.47. The molecule has 4 nitrogen and oxygen atoms in total. The summed E-state index contributed by atoms with van der Waals surface area (Å²) in [6.07, 6.45) is 2.17. The van der Waals surface area contributed by atoms with Gasteiger partial charge in [-0.1, -0.05) is 30.3 Å². The van der Waals surface area contributed by atoms with Gasteiger partial charge in [0.15, 0.2) is 0 Å². The number of carbonyl (C=O) groups is 1. The predicted octanol–water partition coefficient (Wildman–Crippen LogP) is 1.07. The fraction of sp³-hybridized carbons (Fsp3) is 0.533. The van der Waals surface area contributed by atoms with Crippen LogP contribution < -0.4 is 5.73 Å². The third kappa shape index (κ3) is 4.33. The molecule has 1 amide bonds. The first-order chi connectivity index (χ1) is 9.15. The highest BCUT2D eigenvalue weighted by atomic mass is 16.2. The summed E-state index contributed by atoms with van der Waals surface area (Å²) in [6.45, 7) is 2.97. The number of hydrogen-bond donors (Lipinski definition) is 1. The molecule has 1 atom stereocenters. The molecule has 1 unspecified atom stereocenters. The fourth-order valence-electron chi connectivity index (χ4n) is 2.49. The maximum absolute atomic E-state index is 12.2. The SMILES string of the molecule is CN(Cc1ccccc1)C(=O)CN1CCCC(N)C1. The van der Waals surface area contributed by atoms with E-state index >= 15 is 0 Å². The molecule has 1 saturated heterocycles. The second-order valence-electron chi connectivity index (χ2n) is 5.37. The third-order valence-corrected chi connectivity index (χ3v) is 3.59. The van der Waals surface area contributed by atoms with Gasteiger partial charge in [0.25, 0.3) is 0 Å². The lowest BCUT2D eigenvalue weighted by atomic mass is 10.1. The summed E-state index contributed by atoms with van der Waals surface area (Å²) in [5.74, 6) is 0.165. The summed E-state index contributed by atoms with van der Waals surface area (Å²) in [7, 11) is 1.86. The number of piperidine rings is 1. The van der Waals surface area contributed by atoms with Crippen LogP contribution in [0.2, 0.25) is 0 Å². The summed E-state index contributed by atoms with van der Waals surface area (Å²) < 4.78 is 0. The van der Waals surface area contributed by atoms with Gasteiger partial charge < -0.3 is 10.6 Å². The van der Waals surface area contributed by atoms with Crippen LogP contribution in [0.5, 0.6) is 0 Å². The lowest BCUT2D eigenvalue weighted by Gasteiger charge is -2.31. The number of likely N-dealkylation sites (N-methyl/N-ethyl adjacent to an activating group) is 1. The van der Waals surface area contributed by atoms with Gasteiger partial charge in [0.1, 0.15) is 0 Å². The molecule has 2 rings (SSSR count). The van der Waals surface area contributed by atoms with Gasteiger partial charge in [-0.15, -0.1) is 0 Å². The van der Waals surface area contributed by atoms with Crippen LogP contribution in [0.25, 0.3) is 0 Å². The van der Waals surface area contributed by atoms with E-state index in [2.05, 4.69) is 4.90 Å². The molecule has 0 radical (unpaired) electrons. The van der Waals surface area contributed by atoms with E-state index in [1.54, 1.807) is 4.90 Å². The molecule has 1 fully saturated rings. The van der Waals surface area contributed by atoms with Crippen LogP contribution in [-0.4, -0.2) is 48.4 Å². The average Bonchev–Trinajstić information content (AvgIpc) is 2.40. The zero-order valence-corrected chi connectivity index (χ0v) is 11.6. The molecule has 19 heavy (non-hydrogen) atoms. The first kappa shape index (κ1) is 14.0. The van der Waals surface area contributed by atoms with Crippen LogP contribution in [0.3, 0.4) is 0 Å². The van der Waals surface area contributed by atoms with Crippen molar-refractivity contribution in [2.45, 2.75) is 25.4 Å². The number of carbonyl (C=O) groups excluding carboxylic acids is 1. The number of likely N-dealkylation sites (tertiary alicyclic amines) is 1. The van der Waals surface area contributed by atoms with Crippen LogP contribution in [0, 0.1) is 0 Å². The molecule has 4 heteroatoms. The van der Waals surface area contributed by atoms with E-state index < -0.39 is 0 Å². The molecule has 1 aromatic carbocycles. The molecule has 0 aromatic heterocycles. The quantitative estimate of drug-likeness (QED) is 0.882. The molecule has 2 N–H and O–H groups in total. The van der Waals surface area contributed by atoms with Crippen LogP contribution in [0.4, 0.5) is 0 Å². The van der Waals surface area contributed by atoms with Gasteiger partial charge >= 0.3 is 0 Å². The maximum atomic E-state index is 12.2. The van der Waals surface area contributed by atoms with Crippen molar-refractivity contribution in [2.24, 2.45) is 5.73 Å². The summed E-state index contributed by atoms with van der Waals surface area (Å²) >= 11 is 0. The van der Waals surface area contributed by atoms with Gasteiger partial charge in [-0.25, -0.2) is 0 Å². The smallest absolute Gasteiger partial charge is 0.236 e. The minimum absolute atomic E-state index is 0.165. The van der Waals surface area contributed by atoms with Crippen molar-refractivity contribution in [1.29, 1.82) is 0 Å². The topological polar surface area (TPSA) is 49.6 Å². The van der Waals surface area contributed by atoms with Gasteiger partial charge in [0, 0.05) is 26.2 Å². The Hall–Kier alpha value is -1.39. The van der Waals surface area contributed by atoms with Crippen molar-refractivity contribution in [1.82, 2.24) is 9.80 Å². The number of benzene rings is 1. The summed E-state index contributed by atoms with van der Waals surface area (Å²) in [6, 6.07) is 10.3. The van der Waals surface area contributed by atoms with Crippen molar-refractivity contribution < 1.29 is 4.79 Å². The second kappa shape index (κ2) is 6.68. The van der Waals surface area contributed by atoms with Crippen molar-refractivity contribution in [2.75, 3.05) is 26.7 Å². The number of rotatable bonds is 4. The van der Waals surface area contributed by atoms with E-state index in [1.165, 1.54) is 0 Å². The Bertz CT molecular complexity index is 407. The highest BCUT2D eigenvalue weighted by Gasteiger charge is 2.20.